The molecule has 0 saturated carbocycles. The fraction of sp³-hybridized carbons (Fsp3) is 0.227. The van der Waals surface area contributed by atoms with Crippen LogP contribution in [-0.2, 0) is 4.79 Å². The number of pyridine rings is 1. The van der Waals surface area contributed by atoms with E-state index in [2.05, 4.69) is 44.0 Å². The Hall–Kier alpha value is -4.01. The van der Waals surface area contributed by atoms with Gasteiger partial charge in [-0.15, -0.1) is 0 Å². The summed E-state index contributed by atoms with van der Waals surface area (Å²) in [4.78, 5) is 29.3. The maximum absolute atomic E-state index is 11.2. The lowest BCUT2D eigenvalue weighted by molar-refractivity contribution is -0.114. The molecule has 4 rings (SSSR count). The second kappa shape index (κ2) is 8.39. The van der Waals surface area contributed by atoms with Gasteiger partial charge in [0.05, 0.1) is 7.11 Å². The number of carbonyl (C=O) groups is 1. The summed E-state index contributed by atoms with van der Waals surface area (Å²) in [5.41, 5.74) is 3.80. The lowest BCUT2D eigenvalue weighted by atomic mass is 10.2. The summed E-state index contributed by atoms with van der Waals surface area (Å²) in [6.45, 7) is 5.64. The number of aromatic nitrogens is 5. The van der Waals surface area contributed by atoms with E-state index in [1.54, 1.807) is 19.4 Å². The van der Waals surface area contributed by atoms with Crippen LogP contribution in [0.1, 0.15) is 26.8 Å². The molecule has 1 amide bonds. The van der Waals surface area contributed by atoms with E-state index in [1.165, 1.54) is 13.3 Å². The van der Waals surface area contributed by atoms with E-state index >= 15 is 0 Å². The molecular weight excluding hydrogens is 394 g/mol. The van der Waals surface area contributed by atoms with Crippen LogP contribution in [0.5, 0.6) is 5.88 Å². The first kappa shape index (κ1) is 20.3. The van der Waals surface area contributed by atoms with E-state index < -0.39 is 0 Å². The Bertz CT molecular complexity index is 1220. The van der Waals surface area contributed by atoms with Gasteiger partial charge in [-0.05, 0) is 44.2 Å². The molecule has 31 heavy (non-hydrogen) atoms. The molecule has 3 aromatic heterocycles. The van der Waals surface area contributed by atoms with Gasteiger partial charge in [-0.25, -0.2) is 19.9 Å². The van der Waals surface area contributed by atoms with Crippen molar-refractivity contribution in [3.63, 3.8) is 0 Å². The van der Waals surface area contributed by atoms with Gasteiger partial charge >= 0.3 is 0 Å². The van der Waals surface area contributed by atoms with Crippen LogP contribution in [0.25, 0.3) is 22.6 Å². The highest BCUT2D eigenvalue weighted by Gasteiger charge is 2.19. The monoisotopic (exact) mass is 417 g/mol. The summed E-state index contributed by atoms with van der Waals surface area (Å²) >= 11 is 0. The number of amides is 1. The third kappa shape index (κ3) is 4.16. The Kier molecular flexibility index (Phi) is 5.48. The highest BCUT2D eigenvalue weighted by molar-refractivity contribution is 5.90. The topological polar surface area (TPSA) is 107 Å². The van der Waals surface area contributed by atoms with Gasteiger partial charge in [-0.3, -0.25) is 4.79 Å². The van der Waals surface area contributed by atoms with Gasteiger partial charge < -0.3 is 19.9 Å². The Morgan fingerprint density at radius 1 is 1.03 bits per heavy atom. The Balaban J connectivity index is 1.74. The number of nitrogens with zero attached hydrogens (tertiary/aromatic N) is 5. The third-order valence-corrected chi connectivity index (χ3v) is 4.67. The minimum absolute atomic E-state index is 0.113. The number of imidazole rings is 1. The molecule has 158 valence electrons. The van der Waals surface area contributed by atoms with Gasteiger partial charge in [0, 0.05) is 42.2 Å². The van der Waals surface area contributed by atoms with Crippen molar-refractivity contribution in [1.29, 1.82) is 0 Å². The van der Waals surface area contributed by atoms with Crippen LogP contribution >= 0.6 is 0 Å². The molecule has 0 fully saturated rings. The molecule has 0 unspecified atom stereocenters. The maximum atomic E-state index is 11.2. The average Bonchev–Trinajstić information content (AvgIpc) is 3.16. The zero-order valence-electron chi connectivity index (χ0n) is 17.7. The molecule has 0 aliphatic rings. The molecule has 0 aliphatic carbocycles. The van der Waals surface area contributed by atoms with E-state index in [-0.39, 0.29) is 11.9 Å². The van der Waals surface area contributed by atoms with Crippen molar-refractivity contribution in [3.05, 3.63) is 48.9 Å². The summed E-state index contributed by atoms with van der Waals surface area (Å²) in [5.74, 6) is 1.78. The van der Waals surface area contributed by atoms with Crippen LogP contribution in [0.3, 0.4) is 0 Å². The van der Waals surface area contributed by atoms with E-state index in [4.69, 9.17) is 9.72 Å². The van der Waals surface area contributed by atoms with Crippen LogP contribution in [0.2, 0.25) is 0 Å². The highest BCUT2D eigenvalue weighted by atomic mass is 16.5. The van der Waals surface area contributed by atoms with Crippen LogP contribution < -0.4 is 15.4 Å². The number of nitrogens with one attached hydrogen (secondary N) is 2. The number of anilines is 3. The maximum Gasteiger partial charge on any atom is 0.221 e. The molecule has 9 heteroatoms. The molecule has 9 nitrogen and oxygen atoms in total. The summed E-state index contributed by atoms with van der Waals surface area (Å²) < 4.78 is 7.22. The van der Waals surface area contributed by atoms with Crippen LogP contribution in [0, 0.1) is 0 Å². The van der Waals surface area contributed by atoms with Crippen molar-refractivity contribution in [1.82, 2.24) is 24.5 Å². The van der Waals surface area contributed by atoms with Gasteiger partial charge in [0.1, 0.15) is 12.2 Å². The van der Waals surface area contributed by atoms with E-state index in [9.17, 15) is 4.79 Å². The minimum atomic E-state index is -0.113. The minimum Gasteiger partial charge on any atom is -0.481 e. The second-order valence-electron chi connectivity index (χ2n) is 7.27. The van der Waals surface area contributed by atoms with Crippen molar-refractivity contribution in [2.45, 2.75) is 26.8 Å². The van der Waals surface area contributed by atoms with Crippen molar-refractivity contribution < 1.29 is 9.53 Å². The quantitative estimate of drug-likeness (QED) is 0.485. The molecule has 0 atom stereocenters. The smallest absolute Gasteiger partial charge is 0.221 e. The number of benzene rings is 1. The van der Waals surface area contributed by atoms with E-state index in [1.807, 2.05) is 30.3 Å². The van der Waals surface area contributed by atoms with Gasteiger partial charge in [0.25, 0.3) is 0 Å². The molecular formula is C22H23N7O2. The Labute approximate surface area is 179 Å². The van der Waals surface area contributed by atoms with Gasteiger partial charge in [-0.2, -0.15) is 0 Å². The normalized spacial score (nSPS) is 11.0. The number of fused-ring (bicyclic) bond motifs is 1. The summed E-state index contributed by atoms with van der Waals surface area (Å²) in [5, 5.41) is 6.05. The summed E-state index contributed by atoms with van der Waals surface area (Å²) in [6.07, 6.45) is 3.26. The predicted molar refractivity (Wildman–Crippen MR) is 120 cm³/mol. The summed E-state index contributed by atoms with van der Waals surface area (Å²) in [6, 6.07) is 11.2. The molecule has 0 saturated heterocycles. The molecule has 2 N–H and O–H groups in total. The number of methoxy groups -OCH3 is 1. The van der Waals surface area contributed by atoms with Crippen molar-refractivity contribution in [2.75, 3.05) is 17.7 Å². The predicted octanol–water partition coefficient (Wildman–Crippen LogP) is 4.18. The lowest BCUT2D eigenvalue weighted by Gasteiger charge is -2.12. The summed E-state index contributed by atoms with van der Waals surface area (Å²) in [7, 11) is 1.58. The molecule has 1 aromatic carbocycles. The molecule has 3 heterocycles. The molecule has 0 bridgehead atoms. The number of rotatable bonds is 6. The standard InChI is InChI=1S/C22H23N7O2/c1-13(2)29-21(15-5-10-18(31-4)23-11-15)28-19-20(24-12-25-22(19)29)27-17-8-6-16(7-9-17)26-14(3)30/h5-13H,1-4H3,(H,26,30)(H,24,25,27). The molecule has 0 aliphatic heterocycles. The third-order valence-electron chi connectivity index (χ3n) is 4.67. The van der Waals surface area contributed by atoms with E-state index in [0.717, 1.165) is 28.4 Å². The fourth-order valence-electron chi connectivity index (χ4n) is 3.30. The zero-order chi connectivity index (χ0) is 22.0. The van der Waals surface area contributed by atoms with Crippen molar-refractivity contribution in [3.8, 4) is 17.3 Å². The molecule has 0 radical (unpaired) electrons. The van der Waals surface area contributed by atoms with Crippen molar-refractivity contribution >= 4 is 34.3 Å². The number of hydrogen-bond acceptors (Lipinski definition) is 7. The van der Waals surface area contributed by atoms with E-state index in [0.29, 0.717) is 17.2 Å². The molecule has 4 aromatic rings. The molecule has 0 spiro atoms. The van der Waals surface area contributed by atoms with Gasteiger partial charge in [0.15, 0.2) is 17.0 Å². The zero-order valence-corrected chi connectivity index (χ0v) is 17.7. The van der Waals surface area contributed by atoms with Gasteiger partial charge in [-0.1, -0.05) is 0 Å². The largest absolute Gasteiger partial charge is 0.481 e. The van der Waals surface area contributed by atoms with Crippen LogP contribution in [-0.4, -0.2) is 37.5 Å². The first-order valence-corrected chi connectivity index (χ1v) is 9.84. The lowest BCUT2D eigenvalue weighted by Crippen LogP contribution is -2.05. The first-order chi connectivity index (χ1) is 15.0. The fourth-order valence-corrected chi connectivity index (χ4v) is 3.30. The number of carbonyl (C=O) groups excluding carboxylic acids is 1. The second-order valence-corrected chi connectivity index (χ2v) is 7.27. The van der Waals surface area contributed by atoms with Crippen LogP contribution in [0.15, 0.2) is 48.9 Å². The first-order valence-electron chi connectivity index (χ1n) is 9.84. The van der Waals surface area contributed by atoms with Crippen molar-refractivity contribution in [2.24, 2.45) is 0 Å². The SMILES string of the molecule is COc1ccc(-c2nc3c(Nc4ccc(NC(C)=O)cc4)ncnc3n2C(C)C)cn1. The van der Waals surface area contributed by atoms with Gasteiger partial charge in [0.2, 0.25) is 11.8 Å². The van der Waals surface area contributed by atoms with Crippen LogP contribution in [0.4, 0.5) is 17.2 Å². The number of hydrogen-bond donors (Lipinski definition) is 2. The average molecular weight is 417 g/mol. The number of ether oxygens (including phenoxy) is 1. The Morgan fingerprint density at radius 2 is 1.77 bits per heavy atom. The highest BCUT2D eigenvalue weighted by Crippen LogP contribution is 2.31. The Morgan fingerprint density at radius 3 is 2.39 bits per heavy atom.